The van der Waals surface area contributed by atoms with E-state index in [4.69, 9.17) is 27.9 Å². The van der Waals surface area contributed by atoms with Gasteiger partial charge in [0.05, 0.1) is 17.7 Å². The van der Waals surface area contributed by atoms with E-state index < -0.39 is 22.8 Å². The Kier molecular flexibility index (Phi) is 6.02. The molecular formula is C18H15Cl2N3O4S. The topological polar surface area (TPSA) is 90.3 Å². The smallest absolute Gasteiger partial charge is 0.359 e. The van der Waals surface area contributed by atoms with Crippen LogP contribution in [0.2, 0.25) is 5.02 Å². The summed E-state index contributed by atoms with van der Waals surface area (Å²) >= 11 is 12.8. The predicted octanol–water partition coefficient (Wildman–Crippen LogP) is 3.84. The van der Waals surface area contributed by atoms with Gasteiger partial charge in [0, 0.05) is 15.8 Å². The minimum atomic E-state index is -0.790. The van der Waals surface area contributed by atoms with Gasteiger partial charge in [0.25, 0.3) is 5.56 Å². The Hall–Kier alpha value is -2.42. The van der Waals surface area contributed by atoms with Crippen molar-refractivity contribution in [2.24, 2.45) is 0 Å². The van der Waals surface area contributed by atoms with Crippen LogP contribution in [0, 0.1) is 0 Å². The number of thiophene rings is 1. The molecule has 1 unspecified atom stereocenters. The van der Waals surface area contributed by atoms with Crippen molar-refractivity contribution < 1.29 is 14.3 Å². The van der Waals surface area contributed by atoms with E-state index in [1.54, 1.807) is 36.6 Å². The van der Waals surface area contributed by atoms with Crippen LogP contribution in [-0.2, 0) is 9.53 Å². The minimum Gasteiger partial charge on any atom is -0.461 e. The molecule has 1 atom stereocenters. The van der Waals surface area contributed by atoms with E-state index >= 15 is 0 Å². The summed E-state index contributed by atoms with van der Waals surface area (Å²) in [7, 11) is 0. The summed E-state index contributed by atoms with van der Waals surface area (Å²) in [5.74, 6) is -1.13. The lowest BCUT2D eigenvalue weighted by Gasteiger charge is -2.10. The van der Waals surface area contributed by atoms with Gasteiger partial charge in [0.2, 0.25) is 5.91 Å². The molecule has 1 N–H and O–H groups in total. The Labute approximate surface area is 173 Å². The van der Waals surface area contributed by atoms with Crippen LogP contribution in [0.25, 0.3) is 16.5 Å². The van der Waals surface area contributed by atoms with E-state index in [0.29, 0.717) is 16.1 Å². The standard InChI is InChI=1S/C18H15Cl2N3O4S/c1-3-27-18(26)14-12-8-28-16(21-15(24)9(2)19)13(12)17(25)23(22-14)11-6-4-10(20)5-7-11/h4-9H,3H2,1-2H3,(H,21,24). The zero-order valence-electron chi connectivity index (χ0n) is 14.9. The molecule has 3 rings (SSSR count). The van der Waals surface area contributed by atoms with Crippen molar-refractivity contribution in [2.75, 3.05) is 11.9 Å². The molecule has 7 nitrogen and oxygen atoms in total. The number of hydrogen-bond donors (Lipinski definition) is 1. The van der Waals surface area contributed by atoms with Gasteiger partial charge in [0.15, 0.2) is 5.69 Å². The van der Waals surface area contributed by atoms with Crippen molar-refractivity contribution in [3.05, 3.63) is 50.7 Å². The van der Waals surface area contributed by atoms with Crippen LogP contribution in [-0.4, -0.2) is 33.6 Å². The van der Waals surface area contributed by atoms with E-state index in [2.05, 4.69) is 10.4 Å². The van der Waals surface area contributed by atoms with Crippen molar-refractivity contribution >= 4 is 62.2 Å². The molecule has 1 aromatic carbocycles. The molecule has 0 aliphatic carbocycles. The molecule has 0 aliphatic heterocycles. The molecule has 28 heavy (non-hydrogen) atoms. The normalized spacial score (nSPS) is 12.0. The molecule has 10 heteroatoms. The number of fused-ring (bicyclic) bond motifs is 1. The number of amides is 1. The van der Waals surface area contributed by atoms with Crippen LogP contribution in [0.15, 0.2) is 34.4 Å². The molecule has 0 radical (unpaired) electrons. The number of ether oxygens (including phenoxy) is 1. The number of rotatable bonds is 5. The highest BCUT2D eigenvalue weighted by molar-refractivity contribution is 7.16. The van der Waals surface area contributed by atoms with Gasteiger partial charge in [-0.2, -0.15) is 9.78 Å². The molecule has 0 saturated heterocycles. The first-order chi connectivity index (χ1) is 13.3. The van der Waals surface area contributed by atoms with E-state index in [1.807, 2.05) is 0 Å². The van der Waals surface area contributed by atoms with Gasteiger partial charge < -0.3 is 10.1 Å². The monoisotopic (exact) mass is 439 g/mol. The second kappa shape index (κ2) is 8.30. The third-order valence-corrected chi connectivity index (χ3v) is 5.14. The fourth-order valence-corrected chi connectivity index (χ4v) is 3.58. The highest BCUT2D eigenvalue weighted by Gasteiger charge is 2.23. The Morgan fingerprint density at radius 2 is 2.00 bits per heavy atom. The molecule has 0 saturated carbocycles. The predicted molar refractivity (Wildman–Crippen MR) is 110 cm³/mol. The summed E-state index contributed by atoms with van der Waals surface area (Å²) < 4.78 is 6.15. The second-order valence-corrected chi connectivity index (χ2v) is 7.69. The first-order valence-corrected chi connectivity index (χ1v) is 9.95. The van der Waals surface area contributed by atoms with Crippen molar-refractivity contribution in [1.29, 1.82) is 0 Å². The van der Waals surface area contributed by atoms with Gasteiger partial charge in [0.1, 0.15) is 10.4 Å². The zero-order valence-corrected chi connectivity index (χ0v) is 17.2. The van der Waals surface area contributed by atoms with Crippen LogP contribution in [0.5, 0.6) is 0 Å². The summed E-state index contributed by atoms with van der Waals surface area (Å²) in [6.07, 6.45) is 0. The first-order valence-electron chi connectivity index (χ1n) is 8.26. The number of carbonyl (C=O) groups is 2. The lowest BCUT2D eigenvalue weighted by Crippen LogP contribution is -2.26. The fourth-order valence-electron chi connectivity index (χ4n) is 2.46. The number of benzene rings is 1. The van der Waals surface area contributed by atoms with Crippen molar-refractivity contribution in [2.45, 2.75) is 19.2 Å². The van der Waals surface area contributed by atoms with E-state index in [1.165, 1.54) is 6.92 Å². The van der Waals surface area contributed by atoms with Gasteiger partial charge in [-0.15, -0.1) is 22.9 Å². The molecular weight excluding hydrogens is 425 g/mol. The minimum absolute atomic E-state index is 0.0259. The number of nitrogens with one attached hydrogen (secondary N) is 1. The molecule has 0 spiro atoms. The molecule has 2 aromatic heterocycles. The summed E-state index contributed by atoms with van der Waals surface area (Å²) in [5.41, 5.74) is -0.109. The van der Waals surface area contributed by atoms with Crippen LogP contribution >= 0.6 is 34.5 Å². The maximum atomic E-state index is 13.1. The largest absolute Gasteiger partial charge is 0.461 e. The number of aromatic nitrogens is 2. The average Bonchev–Trinajstić information content (AvgIpc) is 3.07. The Bertz CT molecular complexity index is 1110. The number of esters is 1. The number of halogens is 2. The quantitative estimate of drug-likeness (QED) is 0.481. The lowest BCUT2D eigenvalue weighted by atomic mass is 10.2. The molecule has 0 bridgehead atoms. The summed E-state index contributed by atoms with van der Waals surface area (Å²) in [6.45, 7) is 3.34. The molecule has 0 fully saturated rings. The van der Waals surface area contributed by atoms with Gasteiger partial charge in [-0.1, -0.05) is 11.6 Å². The van der Waals surface area contributed by atoms with Gasteiger partial charge >= 0.3 is 5.97 Å². The maximum absolute atomic E-state index is 13.1. The molecule has 1 amide bonds. The third kappa shape index (κ3) is 3.89. The fraction of sp³-hybridized carbons (Fsp3) is 0.222. The molecule has 146 valence electrons. The van der Waals surface area contributed by atoms with E-state index in [-0.39, 0.29) is 22.7 Å². The van der Waals surface area contributed by atoms with Gasteiger partial charge in [-0.05, 0) is 38.1 Å². The molecule has 0 aliphatic rings. The SMILES string of the molecule is CCOC(=O)c1nn(-c2ccc(Cl)cc2)c(=O)c2c(NC(=O)C(C)Cl)scc12. The number of anilines is 1. The molecule has 3 aromatic rings. The molecule has 2 heterocycles. The van der Waals surface area contributed by atoms with Gasteiger partial charge in [-0.25, -0.2) is 4.79 Å². The number of nitrogens with zero attached hydrogens (tertiary/aromatic N) is 2. The number of alkyl halides is 1. The Balaban J connectivity index is 2.27. The third-order valence-electron chi connectivity index (χ3n) is 3.79. The van der Waals surface area contributed by atoms with E-state index in [9.17, 15) is 14.4 Å². The van der Waals surface area contributed by atoms with Crippen molar-refractivity contribution in [1.82, 2.24) is 9.78 Å². The number of carbonyl (C=O) groups excluding carboxylic acids is 2. The first kappa shape index (κ1) is 20.3. The van der Waals surface area contributed by atoms with Crippen LogP contribution in [0.4, 0.5) is 5.00 Å². The Morgan fingerprint density at radius 3 is 2.61 bits per heavy atom. The van der Waals surface area contributed by atoms with Crippen molar-refractivity contribution in [3.8, 4) is 5.69 Å². The van der Waals surface area contributed by atoms with E-state index in [0.717, 1.165) is 16.0 Å². The Morgan fingerprint density at radius 1 is 1.32 bits per heavy atom. The lowest BCUT2D eigenvalue weighted by molar-refractivity contribution is -0.115. The average molecular weight is 440 g/mol. The van der Waals surface area contributed by atoms with Gasteiger partial charge in [-0.3, -0.25) is 9.59 Å². The summed E-state index contributed by atoms with van der Waals surface area (Å²) in [6, 6.07) is 6.40. The summed E-state index contributed by atoms with van der Waals surface area (Å²) in [5, 5.41) is 8.85. The van der Waals surface area contributed by atoms with Crippen LogP contribution in [0.1, 0.15) is 24.3 Å². The highest BCUT2D eigenvalue weighted by atomic mass is 35.5. The second-order valence-electron chi connectivity index (χ2n) is 5.72. The number of hydrogen-bond acceptors (Lipinski definition) is 6. The zero-order chi connectivity index (χ0) is 20.4. The van der Waals surface area contributed by atoms with Crippen LogP contribution in [0.3, 0.4) is 0 Å². The van der Waals surface area contributed by atoms with Crippen molar-refractivity contribution in [3.63, 3.8) is 0 Å². The maximum Gasteiger partial charge on any atom is 0.359 e. The summed E-state index contributed by atoms with van der Waals surface area (Å²) in [4.78, 5) is 37.6. The van der Waals surface area contributed by atoms with Crippen LogP contribution < -0.4 is 10.9 Å². The highest BCUT2D eigenvalue weighted by Crippen LogP contribution is 2.31.